The molecular formula is C27H29BrClFN2O2. The van der Waals surface area contributed by atoms with Crippen molar-refractivity contribution in [1.82, 2.24) is 0 Å². The third-order valence-corrected chi connectivity index (χ3v) is 6.70. The highest BCUT2D eigenvalue weighted by molar-refractivity contribution is 9.10. The summed E-state index contributed by atoms with van der Waals surface area (Å²) < 4.78 is 25.8. The average Bonchev–Trinajstić information content (AvgIpc) is 2.84. The Labute approximate surface area is 214 Å². The molecule has 1 fully saturated rings. The lowest BCUT2D eigenvalue weighted by molar-refractivity contribution is 0.267. The normalized spacial score (nSPS) is 13.6. The smallest absolute Gasteiger partial charge is 0.175 e. The van der Waals surface area contributed by atoms with Crippen LogP contribution in [0.15, 0.2) is 59.1 Å². The maximum Gasteiger partial charge on any atom is 0.175 e. The molecule has 0 bridgehead atoms. The number of nitrogens with one attached hydrogen (secondary N) is 1. The molecule has 0 saturated carbocycles. The van der Waals surface area contributed by atoms with Crippen molar-refractivity contribution in [3.05, 3.63) is 81.0 Å². The molecule has 34 heavy (non-hydrogen) atoms. The quantitative estimate of drug-likeness (QED) is 0.296. The predicted molar refractivity (Wildman–Crippen MR) is 141 cm³/mol. The molecule has 0 aliphatic carbocycles. The summed E-state index contributed by atoms with van der Waals surface area (Å²) in [5, 5.41) is 4.23. The SMILES string of the molecule is CCOc1cc(CNc2ccc(N3CCCCC3)c(Cl)c2)cc(Br)c1OCc1ccc(F)cc1. The van der Waals surface area contributed by atoms with Crippen LogP contribution in [0.5, 0.6) is 11.5 Å². The van der Waals surface area contributed by atoms with Crippen molar-refractivity contribution in [3.8, 4) is 11.5 Å². The van der Waals surface area contributed by atoms with E-state index in [-0.39, 0.29) is 5.82 Å². The number of hydrogen-bond acceptors (Lipinski definition) is 4. The molecule has 3 aromatic rings. The van der Waals surface area contributed by atoms with Crippen molar-refractivity contribution in [3.63, 3.8) is 0 Å². The van der Waals surface area contributed by atoms with Crippen molar-refractivity contribution < 1.29 is 13.9 Å². The van der Waals surface area contributed by atoms with Gasteiger partial charge in [-0.1, -0.05) is 23.7 Å². The van der Waals surface area contributed by atoms with Gasteiger partial charge in [-0.2, -0.15) is 0 Å². The molecule has 4 rings (SSSR count). The maximum absolute atomic E-state index is 13.2. The van der Waals surface area contributed by atoms with Gasteiger partial charge in [0.2, 0.25) is 0 Å². The largest absolute Gasteiger partial charge is 0.490 e. The van der Waals surface area contributed by atoms with E-state index in [0.717, 1.165) is 45.1 Å². The van der Waals surface area contributed by atoms with Gasteiger partial charge < -0.3 is 19.7 Å². The van der Waals surface area contributed by atoms with Gasteiger partial charge in [0, 0.05) is 25.3 Å². The molecule has 1 aliphatic heterocycles. The molecule has 0 aromatic heterocycles. The molecule has 0 atom stereocenters. The highest BCUT2D eigenvalue weighted by Crippen LogP contribution is 2.38. The van der Waals surface area contributed by atoms with Crippen LogP contribution in [0.25, 0.3) is 0 Å². The predicted octanol–water partition coefficient (Wildman–Crippen LogP) is 7.82. The Kier molecular flexibility index (Phi) is 8.57. The minimum Gasteiger partial charge on any atom is -0.490 e. The number of halogens is 3. The fraction of sp³-hybridized carbons (Fsp3) is 0.333. The van der Waals surface area contributed by atoms with Crippen molar-refractivity contribution in [2.75, 3.05) is 29.9 Å². The van der Waals surface area contributed by atoms with E-state index in [4.69, 9.17) is 21.1 Å². The zero-order chi connectivity index (χ0) is 23.9. The number of anilines is 2. The Morgan fingerprint density at radius 3 is 2.44 bits per heavy atom. The van der Waals surface area contributed by atoms with Crippen LogP contribution in [0.1, 0.15) is 37.3 Å². The van der Waals surface area contributed by atoms with E-state index in [2.05, 4.69) is 38.3 Å². The summed E-state index contributed by atoms with van der Waals surface area (Å²) in [6, 6.07) is 16.4. The lowest BCUT2D eigenvalue weighted by Gasteiger charge is -2.29. The first-order valence-corrected chi connectivity index (χ1v) is 12.8. The summed E-state index contributed by atoms with van der Waals surface area (Å²) in [4.78, 5) is 2.37. The summed E-state index contributed by atoms with van der Waals surface area (Å²) in [6.07, 6.45) is 3.73. The van der Waals surface area contributed by atoms with Crippen LogP contribution < -0.4 is 19.7 Å². The Hall–Kier alpha value is -2.44. The van der Waals surface area contributed by atoms with Crippen LogP contribution in [-0.2, 0) is 13.2 Å². The Morgan fingerprint density at radius 2 is 1.74 bits per heavy atom. The van der Waals surface area contributed by atoms with Gasteiger partial charge >= 0.3 is 0 Å². The second-order valence-corrected chi connectivity index (χ2v) is 9.58. The zero-order valence-corrected chi connectivity index (χ0v) is 21.6. The topological polar surface area (TPSA) is 33.7 Å². The highest BCUT2D eigenvalue weighted by Gasteiger charge is 2.15. The van der Waals surface area contributed by atoms with E-state index < -0.39 is 0 Å². The lowest BCUT2D eigenvalue weighted by atomic mass is 10.1. The van der Waals surface area contributed by atoms with E-state index in [9.17, 15) is 4.39 Å². The number of hydrogen-bond donors (Lipinski definition) is 1. The summed E-state index contributed by atoms with van der Waals surface area (Å²) in [5.41, 5.74) is 4.00. The monoisotopic (exact) mass is 546 g/mol. The fourth-order valence-corrected chi connectivity index (χ4v) is 4.98. The van der Waals surface area contributed by atoms with E-state index in [1.54, 1.807) is 12.1 Å². The van der Waals surface area contributed by atoms with Gasteiger partial charge in [-0.05, 0) is 95.7 Å². The standard InChI is InChI=1S/C27H29BrClFN2O2/c1-2-33-26-15-20(14-23(28)27(26)34-18-19-6-8-21(30)9-7-19)17-31-22-10-11-25(24(29)16-22)32-12-4-3-5-13-32/h6-11,14-16,31H,2-5,12-13,17-18H2,1H3. The molecular weight excluding hydrogens is 519 g/mol. The molecule has 1 saturated heterocycles. The third kappa shape index (κ3) is 6.36. The number of nitrogens with zero attached hydrogens (tertiary/aromatic N) is 1. The molecule has 4 nitrogen and oxygen atoms in total. The Bertz CT molecular complexity index is 1100. The van der Waals surface area contributed by atoms with E-state index in [0.29, 0.717) is 31.3 Å². The minimum atomic E-state index is -0.265. The number of rotatable bonds is 9. The highest BCUT2D eigenvalue weighted by atomic mass is 79.9. The van der Waals surface area contributed by atoms with Gasteiger partial charge in [0.15, 0.2) is 11.5 Å². The summed E-state index contributed by atoms with van der Waals surface area (Å²) in [5.74, 6) is 1.03. The molecule has 1 N–H and O–H groups in total. The third-order valence-electron chi connectivity index (χ3n) is 5.81. The number of piperidine rings is 1. The Morgan fingerprint density at radius 1 is 0.971 bits per heavy atom. The van der Waals surface area contributed by atoms with Gasteiger partial charge in [-0.25, -0.2) is 4.39 Å². The van der Waals surface area contributed by atoms with Crippen LogP contribution in [0.4, 0.5) is 15.8 Å². The van der Waals surface area contributed by atoms with Crippen LogP contribution in [0, 0.1) is 5.82 Å². The Balaban J connectivity index is 1.43. The minimum absolute atomic E-state index is 0.265. The summed E-state index contributed by atoms with van der Waals surface area (Å²) in [6.45, 7) is 5.51. The maximum atomic E-state index is 13.2. The van der Waals surface area contributed by atoms with E-state index in [1.165, 1.54) is 31.4 Å². The molecule has 7 heteroatoms. The second-order valence-electron chi connectivity index (χ2n) is 8.32. The van der Waals surface area contributed by atoms with Crippen LogP contribution >= 0.6 is 27.5 Å². The second kappa shape index (κ2) is 11.8. The van der Waals surface area contributed by atoms with Gasteiger partial charge in [-0.15, -0.1) is 0 Å². The van der Waals surface area contributed by atoms with E-state index >= 15 is 0 Å². The molecule has 0 radical (unpaired) electrons. The first-order chi connectivity index (χ1) is 16.5. The van der Waals surface area contributed by atoms with Crippen molar-refractivity contribution in [1.29, 1.82) is 0 Å². The van der Waals surface area contributed by atoms with Crippen molar-refractivity contribution >= 4 is 38.9 Å². The molecule has 1 aliphatic rings. The molecule has 180 valence electrons. The summed E-state index contributed by atoms with van der Waals surface area (Å²) >= 11 is 10.2. The van der Waals surface area contributed by atoms with Gasteiger partial charge in [0.1, 0.15) is 12.4 Å². The van der Waals surface area contributed by atoms with Crippen LogP contribution in [0.3, 0.4) is 0 Å². The molecule has 3 aromatic carbocycles. The van der Waals surface area contributed by atoms with Gasteiger partial charge in [0.25, 0.3) is 0 Å². The van der Waals surface area contributed by atoms with E-state index in [1.807, 2.05) is 25.1 Å². The molecule has 0 spiro atoms. The van der Waals surface area contributed by atoms with Crippen molar-refractivity contribution in [2.45, 2.75) is 39.3 Å². The summed E-state index contributed by atoms with van der Waals surface area (Å²) in [7, 11) is 0. The van der Waals surface area contributed by atoms with Gasteiger partial charge in [0.05, 0.1) is 21.8 Å². The number of benzene rings is 3. The molecule has 1 heterocycles. The van der Waals surface area contributed by atoms with Gasteiger partial charge in [-0.3, -0.25) is 0 Å². The fourth-order valence-electron chi connectivity index (χ4n) is 4.07. The lowest BCUT2D eigenvalue weighted by Crippen LogP contribution is -2.29. The van der Waals surface area contributed by atoms with Crippen LogP contribution in [0.2, 0.25) is 5.02 Å². The van der Waals surface area contributed by atoms with Crippen molar-refractivity contribution in [2.24, 2.45) is 0 Å². The first kappa shape index (κ1) is 24.7. The average molecular weight is 548 g/mol. The zero-order valence-electron chi connectivity index (χ0n) is 19.3. The number of ether oxygens (including phenoxy) is 2. The first-order valence-electron chi connectivity index (χ1n) is 11.6. The molecule has 0 amide bonds. The van der Waals surface area contributed by atoms with Crippen LogP contribution in [-0.4, -0.2) is 19.7 Å². The molecule has 0 unspecified atom stereocenters.